The monoisotopic (exact) mass is 288 g/mol. The van der Waals surface area contributed by atoms with Crippen LogP contribution < -0.4 is 9.47 Å². The number of aromatic nitrogens is 1. The Balaban J connectivity index is 2.82. The lowest BCUT2D eigenvalue weighted by atomic mass is 10.2. The molecule has 0 saturated carbocycles. The van der Waals surface area contributed by atoms with E-state index in [2.05, 4.69) is 9.88 Å². The van der Waals surface area contributed by atoms with Crippen LogP contribution in [0.15, 0.2) is 12.3 Å². The van der Waals surface area contributed by atoms with Crippen LogP contribution in [0.3, 0.4) is 0 Å². The van der Waals surface area contributed by atoms with Gasteiger partial charge in [0.25, 0.3) is 0 Å². The highest BCUT2D eigenvalue weighted by Gasteiger charge is 2.14. The molecule has 1 aromatic heterocycles. The van der Waals surface area contributed by atoms with Gasteiger partial charge in [-0.1, -0.05) is 0 Å². The molecule has 1 rings (SSSR count). The predicted octanol–water partition coefficient (Wildman–Crippen LogP) is 1.79. The molecule has 0 aromatic carbocycles. The standard InChI is InChI=1S/C13H21ClN2O3/c1-17-9-8-16(7-5-14)10-11-13(19-3)12(18-2)4-6-15-11/h4,6H,5,7-10H2,1-3H3. The van der Waals surface area contributed by atoms with Crippen LogP contribution in [0.4, 0.5) is 0 Å². The number of nitrogens with zero attached hydrogens (tertiary/aromatic N) is 2. The summed E-state index contributed by atoms with van der Waals surface area (Å²) in [4.78, 5) is 6.53. The van der Waals surface area contributed by atoms with Crippen molar-refractivity contribution in [1.29, 1.82) is 0 Å². The first-order valence-corrected chi connectivity index (χ1v) is 6.63. The lowest BCUT2D eigenvalue weighted by Gasteiger charge is -2.21. The van der Waals surface area contributed by atoms with Gasteiger partial charge in [0, 0.05) is 44.9 Å². The fourth-order valence-corrected chi connectivity index (χ4v) is 2.02. The van der Waals surface area contributed by atoms with Crippen LogP contribution in [0.1, 0.15) is 5.69 Å². The maximum Gasteiger partial charge on any atom is 0.183 e. The van der Waals surface area contributed by atoms with E-state index in [0.29, 0.717) is 30.5 Å². The lowest BCUT2D eigenvalue weighted by Crippen LogP contribution is -2.29. The molecule has 1 heterocycles. The second kappa shape index (κ2) is 8.96. The molecular weight excluding hydrogens is 268 g/mol. The highest BCUT2D eigenvalue weighted by atomic mass is 35.5. The Morgan fingerprint density at radius 3 is 2.58 bits per heavy atom. The van der Waals surface area contributed by atoms with Gasteiger partial charge >= 0.3 is 0 Å². The summed E-state index contributed by atoms with van der Waals surface area (Å²) >= 11 is 5.81. The van der Waals surface area contributed by atoms with Crippen molar-refractivity contribution in [2.45, 2.75) is 6.54 Å². The molecule has 108 valence electrons. The van der Waals surface area contributed by atoms with Crippen LogP contribution in [0.2, 0.25) is 0 Å². The van der Waals surface area contributed by atoms with E-state index in [-0.39, 0.29) is 0 Å². The van der Waals surface area contributed by atoms with Gasteiger partial charge in [-0.05, 0) is 0 Å². The van der Waals surface area contributed by atoms with Crippen molar-refractivity contribution in [3.8, 4) is 11.5 Å². The molecule has 0 unspecified atom stereocenters. The van der Waals surface area contributed by atoms with Crippen LogP contribution in [-0.4, -0.2) is 56.8 Å². The van der Waals surface area contributed by atoms with E-state index >= 15 is 0 Å². The third-order valence-electron chi connectivity index (χ3n) is 2.75. The van der Waals surface area contributed by atoms with Gasteiger partial charge in [0.05, 0.1) is 20.8 Å². The molecule has 0 aliphatic carbocycles. The largest absolute Gasteiger partial charge is 0.493 e. The second-order valence-corrected chi connectivity index (χ2v) is 4.33. The fourth-order valence-electron chi connectivity index (χ4n) is 1.78. The van der Waals surface area contributed by atoms with Crippen LogP contribution in [-0.2, 0) is 11.3 Å². The van der Waals surface area contributed by atoms with Gasteiger partial charge < -0.3 is 14.2 Å². The van der Waals surface area contributed by atoms with Crippen molar-refractivity contribution >= 4 is 11.6 Å². The van der Waals surface area contributed by atoms with Gasteiger partial charge in [-0.3, -0.25) is 9.88 Å². The van der Waals surface area contributed by atoms with Crippen molar-refractivity contribution in [2.24, 2.45) is 0 Å². The first-order chi connectivity index (χ1) is 9.26. The first kappa shape index (κ1) is 16.0. The third kappa shape index (κ3) is 4.86. The summed E-state index contributed by atoms with van der Waals surface area (Å²) in [7, 11) is 4.91. The van der Waals surface area contributed by atoms with Crippen molar-refractivity contribution in [2.75, 3.05) is 46.9 Å². The Morgan fingerprint density at radius 2 is 2.00 bits per heavy atom. The maximum absolute atomic E-state index is 5.81. The molecule has 0 aliphatic rings. The van der Waals surface area contributed by atoms with Gasteiger partial charge in [-0.15, -0.1) is 11.6 Å². The smallest absolute Gasteiger partial charge is 0.183 e. The third-order valence-corrected chi connectivity index (χ3v) is 2.92. The topological polar surface area (TPSA) is 43.8 Å². The minimum Gasteiger partial charge on any atom is -0.493 e. The molecule has 0 radical (unpaired) electrons. The second-order valence-electron chi connectivity index (χ2n) is 3.95. The van der Waals surface area contributed by atoms with E-state index in [1.165, 1.54) is 0 Å². The summed E-state index contributed by atoms with van der Waals surface area (Å²) in [6.07, 6.45) is 1.71. The SMILES string of the molecule is COCCN(CCCl)Cc1nccc(OC)c1OC. The minimum absolute atomic E-state index is 0.565. The number of halogens is 1. The predicted molar refractivity (Wildman–Crippen MR) is 75.2 cm³/mol. The zero-order chi connectivity index (χ0) is 14.1. The molecule has 5 nitrogen and oxygen atoms in total. The lowest BCUT2D eigenvalue weighted by molar-refractivity contribution is 0.146. The molecule has 0 amide bonds. The van der Waals surface area contributed by atoms with Crippen LogP contribution in [0.25, 0.3) is 0 Å². The summed E-state index contributed by atoms with van der Waals surface area (Å²) in [5, 5.41) is 0. The van der Waals surface area contributed by atoms with Gasteiger partial charge in [0.2, 0.25) is 0 Å². The highest BCUT2D eigenvalue weighted by Crippen LogP contribution is 2.29. The van der Waals surface area contributed by atoms with Crippen molar-refractivity contribution < 1.29 is 14.2 Å². The summed E-state index contributed by atoms with van der Waals surface area (Å²) in [6, 6.07) is 1.78. The summed E-state index contributed by atoms with van der Waals surface area (Å²) < 4.78 is 15.7. The number of rotatable bonds is 9. The Labute approximate surface area is 119 Å². The quantitative estimate of drug-likeness (QED) is 0.648. The number of alkyl halides is 1. The van der Waals surface area contributed by atoms with E-state index in [1.807, 2.05) is 0 Å². The number of hydrogen-bond acceptors (Lipinski definition) is 5. The number of pyridine rings is 1. The Hall–Kier alpha value is -1.04. The molecular formula is C13H21ClN2O3. The average molecular weight is 289 g/mol. The zero-order valence-electron chi connectivity index (χ0n) is 11.7. The van der Waals surface area contributed by atoms with E-state index in [0.717, 1.165) is 18.8 Å². The highest BCUT2D eigenvalue weighted by molar-refractivity contribution is 6.18. The molecule has 0 saturated heterocycles. The number of methoxy groups -OCH3 is 3. The first-order valence-electron chi connectivity index (χ1n) is 6.09. The van der Waals surface area contributed by atoms with Crippen molar-refractivity contribution in [3.05, 3.63) is 18.0 Å². The van der Waals surface area contributed by atoms with Gasteiger partial charge in [-0.2, -0.15) is 0 Å². The molecule has 0 spiro atoms. The van der Waals surface area contributed by atoms with Crippen molar-refractivity contribution in [1.82, 2.24) is 9.88 Å². The molecule has 1 aromatic rings. The van der Waals surface area contributed by atoms with Crippen LogP contribution in [0.5, 0.6) is 11.5 Å². The van der Waals surface area contributed by atoms with Crippen LogP contribution in [0, 0.1) is 0 Å². The average Bonchev–Trinajstić information content (AvgIpc) is 2.44. The number of hydrogen-bond donors (Lipinski definition) is 0. The Morgan fingerprint density at radius 1 is 1.21 bits per heavy atom. The normalized spacial score (nSPS) is 10.8. The van der Waals surface area contributed by atoms with Crippen molar-refractivity contribution in [3.63, 3.8) is 0 Å². The summed E-state index contributed by atoms with van der Waals surface area (Å²) in [5.41, 5.74) is 0.836. The molecule has 6 heteroatoms. The van der Waals surface area contributed by atoms with E-state index in [9.17, 15) is 0 Å². The fraction of sp³-hybridized carbons (Fsp3) is 0.615. The zero-order valence-corrected chi connectivity index (χ0v) is 12.4. The summed E-state index contributed by atoms with van der Waals surface area (Å²) in [6.45, 7) is 2.87. The summed E-state index contributed by atoms with van der Waals surface area (Å²) in [5.74, 6) is 1.92. The molecule has 0 fully saturated rings. The number of ether oxygens (including phenoxy) is 3. The van der Waals surface area contributed by atoms with Crippen LogP contribution >= 0.6 is 11.6 Å². The molecule has 0 N–H and O–H groups in total. The minimum atomic E-state index is 0.565. The van der Waals surface area contributed by atoms with Gasteiger partial charge in [0.1, 0.15) is 5.69 Å². The van der Waals surface area contributed by atoms with E-state index < -0.39 is 0 Å². The van der Waals surface area contributed by atoms with Gasteiger partial charge in [0.15, 0.2) is 11.5 Å². The molecule has 0 bridgehead atoms. The van der Waals surface area contributed by atoms with E-state index in [4.69, 9.17) is 25.8 Å². The van der Waals surface area contributed by atoms with Gasteiger partial charge in [-0.25, -0.2) is 0 Å². The Kier molecular flexibility index (Phi) is 7.55. The molecule has 0 atom stereocenters. The molecule has 0 aliphatic heterocycles. The maximum atomic E-state index is 5.81. The van der Waals surface area contributed by atoms with E-state index in [1.54, 1.807) is 33.6 Å². The Bertz CT molecular complexity index is 377. The molecule has 19 heavy (non-hydrogen) atoms.